The summed E-state index contributed by atoms with van der Waals surface area (Å²) in [6.07, 6.45) is 0. The maximum absolute atomic E-state index is 12.6. The van der Waals surface area contributed by atoms with Gasteiger partial charge in [-0.2, -0.15) is 0 Å². The summed E-state index contributed by atoms with van der Waals surface area (Å²) in [6, 6.07) is 12.9. The van der Waals surface area contributed by atoms with Crippen molar-refractivity contribution in [3.63, 3.8) is 0 Å². The van der Waals surface area contributed by atoms with E-state index >= 15 is 0 Å². The monoisotopic (exact) mass is 481 g/mol. The summed E-state index contributed by atoms with van der Waals surface area (Å²) in [5.41, 5.74) is 2.39. The fourth-order valence-electron chi connectivity index (χ4n) is 3.60. The Morgan fingerprint density at radius 1 is 1.12 bits per heavy atom. The van der Waals surface area contributed by atoms with Gasteiger partial charge in [0.25, 0.3) is 5.91 Å². The molecule has 34 heavy (non-hydrogen) atoms. The third-order valence-corrected chi connectivity index (χ3v) is 6.31. The normalized spacial score (nSPS) is 12.1. The second kappa shape index (κ2) is 10.6. The van der Waals surface area contributed by atoms with Gasteiger partial charge in [-0.3, -0.25) is 9.59 Å². The molecule has 0 saturated carbocycles. The van der Waals surface area contributed by atoms with Gasteiger partial charge in [-0.15, -0.1) is 10.2 Å². The highest BCUT2D eigenvalue weighted by molar-refractivity contribution is 7.99. The van der Waals surface area contributed by atoms with E-state index in [4.69, 9.17) is 9.47 Å². The number of anilines is 1. The molecule has 2 aromatic carbocycles. The van der Waals surface area contributed by atoms with Crippen LogP contribution in [0.4, 0.5) is 5.69 Å². The molecular weight excluding hydrogens is 454 g/mol. The van der Waals surface area contributed by atoms with Crippen molar-refractivity contribution in [1.82, 2.24) is 20.1 Å². The number of rotatable bonds is 9. The van der Waals surface area contributed by atoms with Gasteiger partial charge in [0.15, 0.2) is 22.5 Å². The van der Waals surface area contributed by atoms with E-state index in [1.54, 1.807) is 18.2 Å². The fraction of sp³-hybridized carbons (Fsp3) is 0.333. The number of aromatic nitrogens is 3. The first-order valence-corrected chi connectivity index (χ1v) is 12.1. The Hall–Kier alpha value is -3.53. The highest BCUT2D eigenvalue weighted by Gasteiger charge is 2.18. The molecule has 0 fully saturated rings. The van der Waals surface area contributed by atoms with Crippen molar-refractivity contribution in [3.05, 3.63) is 59.4 Å². The maximum atomic E-state index is 12.6. The van der Waals surface area contributed by atoms with Crippen LogP contribution in [-0.4, -0.2) is 39.1 Å². The number of thioether (sulfide) groups is 1. The van der Waals surface area contributed by atoms with Crippen molar-refractivity contribution in [2.24, 2.45) is 0 Å². The number of nitrogens with one attached hydrogen (secondary N) is 2. The molecule has 0 aliphatic carbocycles. The number of carbonyl (C=O) groups excluding carboxylic acids is 2. The molecule has 10 heteroatoms. The molecule has 0 bridgehead atoms. The average molecular weight is 482 g/mol. The van der Waals surface area contributed by atoms with E-state index < -0.39 is 0 Å². The predicted octanol–water partition coefficient (Wildman–Crippen LogP) is 3.81. The van der Waals surface area contributed by atoms with Crippen LogP contribution in [0.2, 0.25) is 0 Å². The van der Waals surface area contributed by atoms with Gasteiger partial charge < -0.3 is 24.7 Å². The summed E-state index contributed by atoms with van der Waals surface area (Å²) in [5.74, 6) is 1.95. The van der Waals surface area contributed by atoms with Crippen LogP contribution in [0.25, 0.3) is 0 Å². The Labute approximate surface area is 202 Å². The van der Waals surface area contributed by atoms with Gasteiger partial charge in [-0.1, -0.05) is 43.8 Å². The van der Waals surface area contributed by atoms with Crippen molar-refractivity contribution in [2.75, 3.05) is 17.9 Å². The molecule has 2 heterocycles. The quantitative estimate of drug-likeness (QED) is 0.448. The zero-order chi connectivity index (χ0) is 24.1. The molecule has 0 spiro atoms. The average Bonchev–Trinajstić information content (AvgIpc) is 3.47. The Morgan fingerprint density at radius 3 is 2.71 bits per heavy atom. The van der Waals surface area contributed by atoms with Crippen LogP contribution in [0.1, 0.15) is 48.4 Å². The molecular formula is C24H27N5O4S. The minimum Gasteiger partial charge on any atom is -0.454 e. The largest absolute Gasteiger partial charge is 0.454 e. The third kappa shape index (κ3) is 5.33. The lowest BCUT2D eigenvalue weighted by molar-refractivity contribution is -0.113. The van der Waals surface area contributed by atoms with Crippen LogP contribution in [0.5, 0.6) is 11.5 Å². The molecule has 178 valence electrons. The van der Waals surface area contributed by atoms with Gasteiger partial charge in [0.1, 0.15) is 0 Å². The van der Waals surface area contributed by atoms with E-state index in [0.29, 0.717) is 40.5 Å². The summed E-state index contributed by atoms with van der Waals surface area (Å²) >= 11 is 1.31. The first-order valence-electron chi connectivity index (χ1n) is 11.1. The molecule has 2 N–H and O–H groups in total. The fourth-order valence-corrected chi connectivity index (χ4v) is 4.43. The molecule has 4 rings (SSSR count). The van der Waals surface area contributed by atoms with Crippen molar-refractivity contribution < 1.29 is 19.1 Å². The minimum atomic E-state index is -0.249. The smallest absolute Gasteiger partial charge is 0.251 e. The first-order chi connectivity index (χ1) is 16.5. The molecule has 9 nitrogen and oxygen atoms in total. The zero-order valence-electron chi connectivity index (χ0n) is 19.3. The zero-order valence-corrected chi connectivity index (χ0v) is 20.1. The molecule has 1 aliphatic rings. The van der Waals surface area contributed by atoms with E-state index in [2.05, 4.69) is 34.7 Å². The third-order valence-electron chi connectivity index (χ3n) is 5.34. The highest BCUT2D eigenvalue weighted by atomic mass is 32.2. The van der Waals surface area contributed by atoms with E-state index in [-0.39, 0.29) is 30.9 Å². The second-order valence-electron chi connectivity index (χ2n) is 7.97. The van der Waals surface area contributed by atoms with Gasteiger partial charge in [0, 0.05) is 17.8 Å². The van der Waals surface area contributed by atoms with Crippen molar-refractivity contribution in [1.29, 1.82) is 0 Å². The summed E-state index contributed by atoms with van der Waals surface area (Å²) in [6.45, 7) is 7.13. The van der Waals surface area contributed by atoms with Crippen LogP contribution in [0.15, 0.2) is 47.6 Å². The Balaban J connectivity index is 1.34. The van der Waals surface area contributed by atoms with Crippen LogP contribution in [-0.2, 0) is 17.9 Å². The van der Waals surface area contributed by atoms with Gasteiger partial charge in [0.2, 0.25) is 12.7 Å². The van der Waals surface area contributed by atoms with Crippen LogP contribution < -0.4 is 20.1 Å². The molecule has 1 aliphatic heterocycles. The summed E-state index contributed by atoms with van der Waals surface area (Å²) < 4.78 is 12.5. The van der Waals surface area contributed by atoms with Crippen LogP contribution >= 0.6 is 11.8 Å². The second-order valence-corrected chi connectivity index (χ2v) is 8.92. The maximum Gasteiger partial charge on any atom is 0.251 e. The topological polar surface area (TPSA) is 107 Å². The molecule has 0 saturated heterocycles. The van der Waals surface area contributed by atoms with Gasteiger partial charge in [-0.05, 0) is 42.7 Å². The van der Waals surface area contributed by atoms with E-state index in [9.17, 15) is 9.59 Å². The van der Waals surface area contributed by atoms with Crippen molar-refractivity contribution in [2.45, 2.75) is 44.9 Å². The van der Waals surface area contributed by atoms with Crippen LogP contribution in [0.3, 0.4) is 0 Å². The van der Waals surface area contributed by atoms with E-state index in [0.717, 1.165) is 11.3 Å². The minimum absolute atomic E-state index is 0.110. The summed E-state index contributed by atoms with van der Waals surface area (Å²) in [5, 5.41) is 14.9. The number of ether oxygens (including phenoxy) is 2. The Bertz CT molecular complexity index is 1190. The number of amides is 2. The summed E-state index contributed by atoms with van der Waals surface area (Å²) in [4.78, 5) is 25.1. The lowest BCUT2D eigenvalue weighted by Crippen LogP contribution is -2.24. The van der Waals surface area contributed by atoms with E-state index in [1.807, 2.05) is 35.8 Å². The number of para-hydroxylation sites is 1. The molecule has 0 unspecified atom stereocenters. The molecule has 3 aromatic rings. The molecule has 0 radical (unpaired) electrons. The summed E-state index contributed by atoms with van der Waals surface area (Å²) in [7, 11) is 0. The standard InChI is InChI=1S/C24H27N5O4S/c1-4-29-21(12-25-23(31)16-9-10-19-20(11-16)33-14-32-19)27-28-24(29)34-13-22(30)26-18-8-6-5-7-17(18)15(2)3/h5-11,15H,4,12-14H2,1-3H3,(H,25,31)(H,26,30). The number of nitrogens with zero attached hydrogens (tertiary/aromatic N) is 3. The lowest BCUT2D eigenvalue weighted by Gasteiger charge is -2.13. The van der Waals surface area contributed by atoms with Gasteiger partial charge >= 0.3 is 0 Å². The first kappa shape index (κ1) is 23.6. The number of benzene rings is 2. The van der Waals surface area contributed by atoms with Crippen molar-refractivity contribution >= 4 is 29.3 Å². The number of hydrogen-bond acceptors (Lipinski definition) is 7. The lowest BCUT2D eigenvalue weighted by atomic mass is 10.0. The van der Waals surface area contributed by atoms with E-state index in [1.165, 1.54) is 11.8 Å². The van der Waals surface area contributed by atoms with Crippen molar-refractivity contribution in [3.8, 4) is 11.5 Å². The Morgan fingerprint density at radius 2 is 1.91 bits per heavy atom. The SMILES string of the molecule is CCn1c(CNC(=O)c2ccc3c(c2)OCO3)nnc1SCC(=O)Nc1ccccc1C(C)C. The molecule has 0 atom stereocenters. The highest BCUT2D eigenvalue weighted by Crippen LogP contribution is 2.32. The number of carbonyl (C=O) groups is 2. The van der Waals surface area contributed by atoms with Crippen LogP contribution in [0, 0.1) is 0 Å². The van der Waals surface area contributed by atoms with Gasteiger partial charge in [0.05, 0.1) is 12.3 Å². The molecule has 1 aromatic heterocycles. The predicted molar refractivity (Wildman–Crippen MR) is 129 cm³/mol. The number of hydrogen-bond donors (Lipinski definition) is 2. The number of fused-ring (bicyclic) bond motifs is 1. The Kier molecular flexibility index (Phi) is 7.36. The molecule has 2 amide bonds. The van der Waals surface area contributed by atoms with Gasteiger partial charge in [-0.25, -0.2) is 0 Å².